The van der Waals surface area contributed by atoms with E-state index in [2.05, 4.69) is 25.8 Å². The van der Waals surface area contributed by atoms with E-state index in [1.807, 2.05) is 12.1 Å². The molecule has 16 heteroatoms. The van der Waals surface area contributed by atoms with Gasteiger partial charge in [0.1, 0.15) is 31.6 Å². The summed E-state index contributed by atoms with van der Waals surface area (Å²) in [6.45, 7) is 9.48. The Morgan fingerprint density at radius 2 is 0.857 bits per heavy atom. The number of H-pyrrole nitrogens is 1. The standard InChI is InChI=1S/C75H131N2O13P/c1-5-8-11-14-17-20-23-26-29-32-35-38-41-44-47-50-55-84-67-58-65(62-87-71(78)53-54-72(79)90-66-60-70(89-69(66)63-88-91(82)83)77-61-64(4)74(80)76-75(77)81)59-68(85-56-51-48-45-42-39-36-33-30-27-24-21-18-15-12-9-6-2)73(67)86-57-52-49-46-43-40-37-34-31-28-25-22-19-16-13-10-7-3/h58-59,61,66,69-70H,5-57,60,62-63H2,1-4H3,(H-,76,80,81,82,83)/p+1/t66-,69-,70-/m1/s1. The van der Waals surface area contributed by atoms with E-state index in [9.17, 15) is 28.6 Å². The predicted molar refractivity (Wildman–Crippen MR) is 371 cm³/mol. The molecule has 0 bridgehead atoms. The molecule has 1 aromatic carbocycles. The molecule has 1 aromatic heterocycles. The summed E-state index contributed by atoms with van der Waals surface area (Å²) in [7, 11) is -2.99. The summed E-state index contributed by atoms with van der Waals surface area (Å²) in [4.78, 5) is 62.9. The first-order valence-electron chi connectivity index (χ1n) is 37.7. The van der Waals surface area contributed by atoms with Crippen LogP contribution in [-0.4, -0.2) is 65.0 Å². The van der Waals surface area contributed by atoms with E-state index < -0.39 is 56.5 Å². The fourth-order valence-corrected chi connectivity index (χ4v) is 12.6. The minimum absolute atomic E-state index is 0.00913. The largest absolute Gasteiger partial charge is 0.694 e. The molecule has 2 N–H and O–H groups in total. The minimum atomic E-state index is -2.99. The number of aromatic amines is 1. The molecule has 0 aliphatic carbocycles. The second-order valence-corrected chi connectivity index (χ2v) is 27.2. The summed E-state index contributed by atoms with van der Waals surface area (Å²) in [6, 6.07) is 3.79. The molecule has 4 atom stereocenters. The van der Waals surface area contributed by atoms with Crippen molar-refractivity contribution in [1.29, 1.82) is 0 Å². The third-order valence-corrected chi connectivity index (χ3v) is 18.4. The number of carbonyl (C=O) groups excluding carboxylic acids is 2. The Hall–Kier alpha value is -3.78. The molecule has 0 amide bonds. The van der Waals surface area contributed by atoms with Gasteiger partial charge in [-0.2, -0.15) is 0 Å². The van der Waals surface area contributed by atoms with Gasteiger partial charge in [0.25, 0.3) is 5.56 Å². The summed E-state index contributed by atoms with van der Waals surface area (Å²) in [5, 5.41) is 0. The fraction of sp³-hybridized carbons (Fsp3) is 0.840. The van der Waals surface area contributed by atoms with Gasteiger partial charge in [0.2, 0.25) is 5.75 Å². The number of nitrogens with zero attached hydrogens (tertiary/aromatic N) is 1. The van der Waals surface area contributed by atoms with Gasteiger partial charge in [-0.05, 0) is 43.9 Å². The predicted octanol–water partition coefficient (Wildman–Crippen LogP) is 21.2. The third-order valence-electron chi connectivity index (χ3n) is 18.0. The lowest BCUT2D eigenvalue weighted by Crippen LogP contribution is -2.33. The van der Waals surface area contributed by atoms with E-state index >= 15 is 0 Å². The van der Waals surface area contributed by atoms with Gasteiger partial charge in [0.05, 0.1) is 32.7 Å². The number of ether oxygens (including phenoxy) is 6. The van der Waals surface area contributed by atoms with Crippen molar-refractivity contribution in [2.75, 3.05) is 26.4 Å². The van der Waals surface area contributed by atoms with Crippen molar-refractivity contribution >= 4 is 20.2 Å². The highest BCUT2D eigenvalue weighted by Crippen LogP contribution is 2.40. The Kier molecular flexibility index (Phi) is 50.6. The number of aromatic nitrogens is 2. The number of hydrogen-bond acceptors (Lipinski definition) is 12. The van der Waals surface area contributed by atoms with Gasteiger partial charge in [-0.3, -0.25) is 23.9 Å². The van der Waals surface area contributed by atoms with Crippen molar-refractivity contribution in [2.24, 2.45) is 0 Å². The van der Waals surface area contributed by atoms with E-state index in [0.29, 0.717) is 42.6 Å². The van der Waals surface area contributed by atoms with Crippen LogP contribution in [-0.2, 0) is 39.5 Å². The van der Waals surface area contributed by atoms with Crippen molar-refractivity contribution in [2.45, 2.75) is 380 Å². The molecule has 1 fully saturated rings. The van der Waals surface area contributed by atoms with E-state index in [-0.39, 0.29) is 31.4 Å². The number of carbonyl (C=O) groups is 2. The van der Waals surface area contributed by atoms with Crippen molar-refractivity contribution in [3.8, 4) is 17.2 Å². The molecule has 524 valence electrons. The summed E-state index contributed by atoms with van der Waals surface area (Å²) < 4.78 is 54.8. The van der Waals surface area contributed by atoms with Gasteiger partial charge in [-0.15, -0.1) is 9.42 Å². The van der Waals surface area contributed by atoms with Gasteiger partial charge < -0.3 is 28.4 Å². The van der Waals surface area contributed by atoms with Gasteiger partial charge in [-0.25, -0.2) is 4.79 Å². The highest BCUT2D eigenvalue weighted by atomic mass is 31.1. The minimum Gasteiger partial charge on any atom is -0.490 e. The maximum atomic E-state index is 13.4. The van der Waals surface area contributed by atoms with Gasteiger partial charge >= 0.3 is 25.9 Å². The number of rotatable bonds is 64. The zero-order chi connectivity index (χ0) is 65.5. The number of benzene rings is 1. The van der Waals surface area contributed by atoms with E-state index in [1.165, 1.54) is 287 Å². The zero-order valence-electron chi connectivity index (χ0n) is 58.3. The van der Waals surface area contributed by atoms with Gasteiger partial charge in [-0.1, -0.05) is 310 Å². The number of nitrogens with one attached hydrogen (secondary N) is 1. The number of aryl methyl sites for hydroxylation is 1. The average molecular weight is 1300 g/mol. The second-order valence-electron chi connectivity index (χ2n) is 26.4. The second kappa shape index (κ2) is 56.6. The highest BCUT2D eigenvalue weighted by molar-refractivity contribution is 7.32. The van der Waals surface area contributed by atoms with Crippen LogP contribution >= 0.6 is 8.25 Å². The third kappa shape index (κ3) is 42.3. The van der Waals surface area contributed by atoms with E-state index in [0.717, 1.165) is 38.5 Å². The van der Waals surface area contributed by atoms with Crippen LogP contribution < -0.4 is 25.5 Å². The molecule has 15 nitrogen and oxygen atoms in total. The van der Waals surface area contributed by atoms with Crippen LogP contribution in [0.5, 0.6) is 17.2 Å². The average Bonchev–Trinajstić information content (AvgIpc) is 1.87. The summed E-state index contributed by atoms with van der Waals surface area (Å²) in [5.74, 6) is 0.421. The quantitative estimate of drug-likeness (QED) is 0.0362. The van der Waals surface area contributed by atoms with Crippen molar-refractivity contribution in [3.05, 3.63) is 50.3 Å². The molecule has 1 saturated heterocycles. The molecule has 0 spiro atoms. The molecule has 0 radical (unpaired) electrons. The van der Waals surface area contributed by atoms with Gasteiger partial charge in [0, 0.05) is 22.7 Å². The molecule has 1 aliphatic rings. The van der Waals surface area contributed by atoms with Crippen LogP contribution in [0.3, 0.4) is 0 Å². The lowest BCUT2D eigenvalue weighted by molar-refractivity contribution is -0.156. The summed E-state index contributed by atoms with van der Waals surface area (Å²) >= 11 is 0. The number of esters is 2. The Labute approximate surface area is 553 Å². The maximum absolute atomic E-state index is 13.4. The molecule has 1 aliphatic heterocycles. The molecular formula is C75H132N2O13P+. The van der Waals surface area contributed by atoms with E-state index in [4.69, 9.17) is 32.9 Å². The first-order chi connectivity index (χ1) is 44.6. The molecule has 3 rings (SSSR count). The summed E-state index contributed by atoms with van der Waals surface area (Å²) in [6.07, 6.45) is 60.0. The van der Waals surface area contributed by atoms with Crippen LogP contribution in [0.1, 0.15) is 366 Å². The smallest absolute Gasteiger partial charge is 0.490 e. The highest BCUT2D eigenvalue weighted by Gasteiger charge is 2.41. The zero-order valence-corrected chi connectivity index (χ0v) is 59.2. The van der Waals surface area contributed by atoms with Crippen LogP contribution in [0, 0.1) is 6.92 Å². The lowest BCUT2D eigenvalue weighted by atomic mass is 10.0. The Bertz CT molecular complexity index is 2180. The SMILES string of the molecule is CCCCCCCCCCCCCCCCCCOc1cc(COC(=O)CCC(=O)O[C@@H]2C[C@H](n3cc(C)c(=O)[nH]c3=O)O[C@@H]2CO[P+](=O)O)cc(OCCCCCCCCCCCCCCCCCC)c1OCCCCCCCCCCCCCCCCCC. The first-order valence-corrected chi connectivity index (χ1v) is 38.9. The molecule has 2 aromatic rings. The van der Waals surface area contributed by atoms with Gasteiger partial charge in [0.15, 0.2) is 11.5 Å². The molecule has 2 heterocycles. The molecule has 0 saturated carbocycles. The maximum Gasteiger partial charge on any atom is 0.694 e. The molecule has 1 unspecified atom stereocenters. The molecule has 91 heavy (non-hydrogen) atoms. The number of unbranched alkanes of at least 4 members (excludes halogenated alkanes) is 45. The fourth-order valence-electron chi connectivity index (χ4n) is 12.3. The Morgan fingerprint density at radius 1 is 0.516 bits per heavy atom. The van der Waals surface area contributed by atoms with Crippen LogP contribution in [0.4, 0.5) is 0 Å². The van der Waals surface area contributed by atoms with Crippen LogP contribution in [0.2, 0.25) is 0 Å². The first kappa shape index (κ1) is 81.5. The number of hydrogen-bond donors (Lipinski definition) is 2. The monoisotopic (exact) mass is 1300 g/mol. The van der Waals surface area contributed by atoms with Crippen molar-refractivity contribution in [3.63, 3.8) is 0 Å². The van der Waals surface area contributed by atoms with Crippen LogP contribution in [0.15, 0.2) is 27.9 Å². The molecular weight excluding hydrogens is 1170 g/mol. The Balaban J connectivity index is 1.61. The van der Waals surface area contributed by atoms with Crippen molar-refractivity contribution < 1.29 is 52.0 Å². The normalized spacial score (nSPS) is 14.9. The van der Waals surface area contributed by atoms with Crippen LogP contribution in [0.25, 0.3) is 0 Å². The van der Waals surface area contributed by atoms with E-state index in [1.54, 1.807) is 0 Å². The van der Waals surface area contributed by atoms with Crippen molar-refractivity contribution in [1.82, 2.24) is 9.55 Å². The lowest BCUT2D eigenvalue weighted by Gasteiger charge is -2.19. The topological polar surface area (TPSA) is 191 Å². The Morgan fingerprint density at radius 3 is 1.22 bits per heavy atom. The summed E-state index contributed by atoms with van der Waals surface area (Å²) in [5.41, 5.74) is -0.319.